The molecule has 0 aliphatic carbocycles. The molecule has 17 heavy (non-hydrogen) atoms. The van der Waals surface area contributed by atoms with Gasteiger partial charge in [-0.25, -0.2) is 0 Å². The molecule has 0 radical (unpaired) electrons. The Morgan fingerprint density at radius 1 is 1.29 bits per heavy atom. The highest BCUT2D eigenvalue weighted by Crippen LogP contribution is 2.26. The summed E-state index contributed by atoms with van der Waals surface area (Å²) in [4.78, 5) is 2.56. The van der Waals surface area contributed by atoms with Gasteiger partial charge in [0.2, 0.25) is 0 Å². The van der Waals surface area contributed by atoms with Crippen LogP contribution in [0.5, 0.6) is 0 Å². The van der Waals surface area contributed by atoms with E-state index >= 15 is 0 Å². The maximum atomic E-state index is 5.94. The Morgan fingerprint density at radius 2 is 1.94 bits per heavy atom. The third kappa shape index (κ3) is 2.93. The average Bonchev–Trinajstić information content (AvgIpc) is 2.28. The molecule has 1 heterocycles. The molecule has 0 spiro atoms. The quantitative estimate of drug-likeness (QED) is 0.814. The van der Waals surface area contributed by atoms with E-state index in [0.717, 1.165) is 6.54 Å². The van der Waals surface area contributed by atoms with Gasteiger partial charge in [0.15, 0.2) is 0 Å². The lowest BCUT2D eigenvalue weighted by molar-refractivity contribution is 0.0953. The standard InChI is InChI=1S/C14H21ClN2/c1-10-4-3-5-11(2)17(10)9-12-6-7-13(15)14(16)8-12/h6-8,10-11H,3-5,9,16H2,1-2H3/t10-,11+. The molecule has 0 amide bonds. The van der Waals surface area contributed by atoms with Crippen LogP contribution in [0.3, 0.4) is 0 Å². The molecule has 3 heteroatoms. The lowest BCUT2D eigenvalue weighted by Gasteiger charge is -2.39. The van der Waals surface area contributed by atoms with Crippen molar-refractivity contribution in [2.45, 2.75) is 51.7 Å². The molecule has 2 rings (SSSR count). The fraction of sp³-hybridized carbons (Fsp3) is 0.571. The number of nitrogen functional groups attached to an aromatic ring is 1. The molecular weight excluding hydrogens is 232 g/mol. The van der Waals surface area contributed by atoms with Gasteiger partial charge in [-0.2, -0.15) is 0 Å². The first kappa shape index (κ1) is 12.7. The normalized spacial score (nSPS) is 26.1. The van der Waals surface area contributed by atoms with Crippen LogP contribution in [0, 0.1) is 0 Å². The highest BCUT2D eigenvalue weighted by molar-refractivity contribution is 6.33. The highest BCUT2D eigenvalue weighted by atomic mass is 35.5. The molecule has 0 unspecified atom stereocenters. The molecule has 2 atom stereocenters. The first-order valence-electron chi connectivity index (χ1n) is 6.37. The molecule has 1 fully saturated rings. The van der Waals surface area contributed by atoms with Gasteiger partial charge in [-0.1, -0.05) is 24.1 Å². The van der Waals surface area contributed by atoms with E-state index in [-0.39, 0.29) is 0 Å². The zero-order valence-corrected chi connectivity index (χ0v) is 11.4. The summed E-state index contributed by atoms with van der Waals surface area (Å²) in [6.07, 6.45) is 3.95. The Labute approximate surface area is 109 Å². The fourth-order valence-corrected chi connectivity index (χ4v) is 2.81. The molecule has 1 aliphatic rings. The predicted molar refractivity (Wildman–Crippen MR) is 74.2 cm³/mol. The van der Waals surface area contributed by atoms with Crippen LogP contribution in [0.4, 0.5) is 5.69 Å². The van der Waals surface area contributed by atoms with Gasteiger partial charge >= 0.3 is 0 Å². The molecular formula is C14H21ClN2. The second-order valence-corrected chi connectivity index (χ2v) is 5.56. The number of hydrogen-bond donors (Lipinski definition) is 1. The molecule has 0 bridgehead atoms. The average molecular weight is 253 g/mol. The Hall–Kier alpha value is -0.730. The second kappa shape index (κ2) is 5.28. The molecule has 0 saturated carbocycles. The minimum Gasteiger partial charge on any atom is -0.398 e. The van der Waals surface area contributed by atoms with E-state index in [0.29, 0.717) is 22.8 Å². The molecule has 1 aromatic rings. The van der Waals surface area contributed by atoms with Gasteiger partial charge in [-0.05, 0) is 44.4 Å². The summed E-state index contributed by atoms with van der Waals surface area (Å²) >= 11 is 5.94. The lowest BCUT2D eigenvalue weighted by Crippen LogP contribution is -2.42. The monoisotopic (exact) mass is 252 g/mol. The van der Waals surface area contributed by atoms with Gasteiger partial charge in [0, 0.05) is 18.6 Å². The number of hydrogen-bond acceptors (Lipinski definition) is 2. The van der Waals surface area contributed by atoms with Crippen molar-refractivity contribution in [2.24, 2.45) is 0 Å². The molecule has 2 nitrogen and oxygen atoms in total. The molecule has 1 saturated heterocycles. The van der Waals surface area contributed by atoms with Gasteiger partial charge in [0.25, 0.3) is 0 Å². The second-order valence-electron chi connectivity index (χ2n) is 5.16. The number of rotatable bonds is 2. The maximum Gasteiger partial charge on any atom is 0.0635 e. The summed E-state index contributed by atoms with van der Waals surface area (Å²) in [6.45, 7) is 5.60. The van der Waals surface area contributed by atoms with Gasteiger partial charge in [-0.15, -0.1) is 0 Å². The van der Waals surface area contributed by atoms with Crippen molar-refractivity contribution in [1.29, 1.82) is 0 Å². The van der Waals surface area contributed by atoms with Crippen molar-refractivity contribution >= 4 is 17.3 Å². The van der Waals surface area contributed by atoms with E-state index in [1.165, 1.54) is 24.8 Å². The number of anilines is 1. The third-order valence-electron chi connectivity index (χ3n) is 3.80. The fourth-order valence-electron chi connectivity index (χ4n) is 2.69. The van der Waals surface area contributed by atoms with Gasteiger partial charge in [0.1, 0.15) is 0 Å². The van der Waals surface area contributed by atoms with Gasteiger partial charge in [0.05, 0.1) is 10.7 Å². The Morgan fingerprint density at radius 3 is 2.53 bits per heavy atom. The number of benzene rings is 1. The highest BCUT2D eigenvalue weighted by Gasteiger charge is 2.24. The van der Waals surface area contributed by atoms with Crippen LogP contribution in [-0.4, -0.2) is 17.0 Å². The predicted octanol–water partition coefficient (Wildman–Crippen LogP) is 3.69. The lowest BCUT2D eigenvalue weighted by atomic mass is 9.96. The minimum absolute atomic E-state index is 0.647. The zero-order chi connectivity index (χ0) is 12.4. The number of nitrogens with zero attached hydrogens (tertiary/aromatic N) is 1. The van der Waals surface area contributed by atoms with Crippen molar-refractivity contribution in [2.75, 3.05) is 5.73 Å². The maximum absolute atomic E-state index is 5.94. The van der Waals surface area contributed by atoms with Crippen LogP contribution in [-0.2, 0) is 6.54 Å². The minimum atomic E-state index is 0.647. The van der Waals surface area contributed by atoms with Crippen molar-refractivity contribution < 1.29 is 0 Å². The van der Waals surface area contributed by atoms with E-state index < -0.39 is 0 Å². The Kier molecular flexibility index (Phi) is 3.95. The van der Waals surface area contributed by atoms with E-state index in [1.54, 1.807) is 0 Å². The summed E-state index contributed by atoms with van der Waals surface area (Å²) < 4.78 is 0. The smallest absolute Gasteiger partial charge is 0.0635 e. The SMILES string of the molecule is C[C@@H]1CCC[C@H](C)N1Cc1ccc(Cl)c(N)c1. The molecule has 1 aliphatic heterocycles. The Balaban J connectivity index is 2.10. The number of halogens is 1. The van der Waals surface area contributed by atoms with Crippen LogP contribution in [0.2, 0.25) is 5.02 Å². The van der Waals surface area contributed by atoms with Crippen molar-refractivity contribution in [3.05, 3.63) is 28.8 Å². The van der Waals surface area contributed by atoms with Crippen molar-refractivity contribution in [1.82, 2.24) is 4.90 Å². The summed E-state index contributed by atoms with van der Waals surface area (Å²) in [7, 11) is 0. The van der Waals surface area contributed by atoms with Gasteiger partial charge < -0.3 is 5.73 Å². The largest absolute Gasteiger partial charge is 0.398 e. The summed E-state index contributed by atoms with van der Waals surface area (Å²) in [5.74, 6) is 0. The third-order valence-corrected chi connectivity index (χ3v) is 4.15. The zero-order valence-electron chi connectivity index (χ0n) is 10.6. The van der Waals surface area contributed by atoms with Gasteiger partial charge in [-0.3, -0.25) is 4.90 Å². The first-order chi connectivity index (χ1) is 8.08. The van der Waals surface area contributed by atoms with E-state index in [2.05, 4.69) is 24.8 Å². The van der Waals surface area contributed by atoms with Crippen molar-refractivity contribution in [3.63, 3.8) is 0 Å². The molecule has 1 aromatic carbocycles. The summed E-state index contributed by atoms with van der Waals surface area (Å²) in [6, 6.07) is 7.29. The summed E-state index contributed by atoms with van der Waals surface area (Å²) in [5.41, 5.74) is 7.78. The summed E-state index contributed by atoms with van der Waals surface area (Å²) in [5, 5.41) is 0.647. The number of piperidine rings is 1. The van der Waals surface area contributed by atoms with Crippen LogP contribution in [0.1, 0.15) is 38.7 Å². The Bertz CT molecular complexity index is 382. The van der Waals surface area contributed by atoms with Crippen LogP contribution >= 0.6 is 11.6 Å². The topological polar surface area (TPSA) is 29.3 Å². The van der Waals surface area contributed by atoms with Crippen LogP contribution in [0.25, 0.3) is 0 Å². The van der Waals surface area contributed by atoms with Crippen LogP contribution in [0.15, 0.2) is 18.2 Å². The van der Waals surface area contributed by atoms with E-state index in [4.69, 9.17) is 17.3 Å². The molecule has 94 valence electrons. The van der Waals surface area contributed by atoms with E-state index in [9.17, 15) is 0 Å². The van der Waals surface area contributed by atoms with Crippen molar-refractivity contribution in [3.8, 4) is 0 Å². The first-order valence-corrected chi connectivity index (χ1v) is 6.75. The molecule has 2 N–H and O–H groups in total. The number of likely N-dealkylation sites (tertiary alicyclic amines) is 1. The number of nitrogens with two attached hydrogens (primary N) is 1. The van der Waals surface area contributed by atoms with E-state index in [1.807, 2.05) is 12.1 Å². The molecule has 0 aromatic heterocycles. The van der Waals surface area contributed by atoms with Crippen LogP contribution < -0.4 is 5.73 Å².